The molecule has 0 radical (unpaired) electrons. The van der Waals surface area contributed by atoms with E-state index in [1.54, 1.807) is 41.1 Å². The van der Waals surface area contributed by atoms with Crippen LogP contribution in [0.5, 0.6) is 0 Å². The van der Waals surface area contributed by atoms with E-state index in [0.717, 1.165) is 46.6 Å². The summed E-state index contributed by atoms with van der Waals surface area (Å²) in [6.45, 7) is -3.50. The van der Waals surface area contributed by atoms with Gasteiger partial charge in [-0.05, 0) is 62.7 Å². The predicted octanol–water partition coefficient (Wildman–Crippen LogP) is 11.2. The van der Waals surface area contributed by atoms with Gasteiger partial charge in [0.05, 0.1) is 68.8 Å². The van der Waals surface area contributed by atoms with Crippen LogP contribution in [0.1, 0.15) is 77.0 Å². The van der Waals surface area contributed by atoms with Crippen LogP contribution in [0.15, 0.2) is 143 Å². The number of nitrogens with zero attached hydrogens (tertiary/aromatic N) is 9. The van der Waals surface area contributed by atoms with Crippen molar-refractivity contribution in [1.82, 2.24) is 45.6 Å². The number of aliphatic carboxylic acids is 2. The smallest absolute Gasteiger partial charge is 0.338 e. The number of aromatic nitrogens is 3. The minimum absolute atomic E-state index is 0.0450. The Kier molecular flexibility index (Phi) is 28.8. The van der Waals surface area contributed by atoms with E-state index in [4.69, 9.17) is 47.6 Å². The zero-order valence-electron chi connectivity index (χ0n) is 59.2. The Labute approximate surface area is 665 Å². The maximum Gasteiger partial charge on any atom is 0.338 e. The molecule has 2 unspecified atom stereocenters. The minimum Gasteiger partial charge on any atom is -0.480 e. The van der Waals surface area contributed by atoms with Crippen molar-refractivity contribution < 1.29 is 116 Å². The number of aliphatic hydroxyl groups excluding tert-OH is 1. The number of thiazole rings is 3. The maximum atomic E-state index is 14.9. The summed E-state index contributed by atoms with van der Waals surface area (Å²) in [5.74, 6) is -23.4. The molecule has 3 fully saturated rings. The fraction of sp³-hybridized carbons (Fsp3) is 0.414. The van der Waals surface area contributed by atoms with Crippen LogP contribution in [0, 0.1) is 17.5 Å². The van der Waals surface area contributed by atoms with E-state index < -0.39 is 166 Å². The SMILES string of the molecule is CCOC(=O)C1=C(CN2CC(F)(F)C(OCC(=O)O)C(F)(F)C2)NC(c2nccs2)=N[C@H]1c1ccc(F)cc1Br.CCOC(=O)C1=C(CN2CC(F)(F)C(OCC(=O)O)C(F)(F)C2)NC(c2nccs2)=N[C@H]1c1ccc(F)cc1Cl.CCOC(=O)C1=C(CN2CC(O)CC(F)C2)NC(c2nccs2)=N[C@H]1c1ccc(F)cc1Cl. The average molecular weight is 1760 g/mol. The van der Waals surface area contributed by atoms with Gasteiger partial charge in [-0.1, -0.05) is 57.3 Å². The number of aliphatic imine (C=N–C) groups is 3. The van der Waals surface area contributed by atoms with Gasteiger partial charge in [-0.15, -0.1) is 34.0 Å². The summed E-state index contributed by atoms with van der Waals surface area (Å²) in [6.07, 6.45) is -3.26. The van der Waals surface area contributed by atoms with Crippen LogP contribution in [0.2, 0.25) is 10.0 Å². The van der Waals surface area contributed by atoms with Crippen LogP contribution in [0.25, 0.3) is 0 Å². The fourth-order valence-corrected chi connectivity index (χ4v) is 15.7. The first-order valence-corrected chi connectivity index (χ1v) is 38.1. The Bertz CT molecular complexity index is 4420. The second-order valence-electron chi connectivity index (χ2n) is 25.5. The van der Waals surface area contributed by atoms with Crippen molar-refractivity contribution in [3.63, 3.8) is 0 Å². The molecule has 3 aromatic heterocycles. The molecule has 25 nitrogen and oxygen atoms in total. The number of benzene rings is 3. The number of carboxylic acid groups (broad SMARTS) is 2. The van der Waals surface area contributed by atoms with Crippen molar-refractivity contribution in [3.8, 4) is 0 Å². The van der Waals surface area contributed by atoms with Crippen LogP contribution in [-0.4, -0.2) is 232 Å². The van der Waals surface area contributed by atoms with E-state index >= 15 is 0 Å². The molecule has 113 heavy (non-hydrogen) atoms. The second kappa shape index (κ2) is 37.4. The third-order valence-electron chi connectivity index (χ3n) is 17.2. The summed E-state index contributed by atoms with van der Waals surface area (Å²) in [5.41, 5.74) is 1.09. The lowest BCUT2D eigenvalue weighted by atomic mass is 9.94. The normalized spacial score (nSPS) is 21.9. The molecule has 3 aromatic carbocycles. The number of amidine groups is 3. The van der Waals surface area contributed by atoms with Gasteiger partial charge >= 0.3 is 29.8 Å². The van der Waals surface area contributed by atoms with Crippen molar-refractivity contribution in [2.45, 2.75) is 93.5 Å². The summed E-state index contributed by atoms with van der Waals surface area (Å²) < 4.78 is 199. The van der Waals surface area contributed by atoms with Gasteiger partial charge in [-0.3, -0.25) is 29.7 Å². The molecule has 0 saturated carbocycles. The van der Waals surface area contributed by atoms with Gasteiger partial charge in [-0.2, -0.15) is 0 Å². The molecule has 43 heteroatoms. The number of hydrogen-bond donors (Lipinski definition) is 6. The summed E-state index contributed by atoms with van der Waals surface area (Å²) in [6, 6.07) is 7.71. The number of carbonyl (C=O) groups excluding carboxylic acids is 3. The van der Waals surface area contributed by atoms with E-state index in [-0.39, 0.29) is 106 Å². The van der Waals surface area contributed by atoms with Crippen LogP contribution in [0.3, 0.4) is 0 Å². The molecular weight excluding hydrogens is 1690 g/mol. The van der Waals surface area contributed by atoms with Crippen molar-refractivity contribution in [2.24, 2.45) is 15.0 Å². The number of aliphatic hydroxyl groups is 1. The zero-order chi connectivity index (χ0) is 82.0. The molecule has 6 aliphatic rings. The number of esters is 3. The van der Waals surface area contributed by atoms with E-state index in [1.807, 2.05) is 0 Å². The van der Waals surface area contributed by atoms with E-state index in [9.17, 15) is 81.8 Å². The Balaban J connectivity index is 0.000000181. The Morgan fingerprint density at radius 3 is 1.15 bits per heavy atom. The molecule has 0 bridgehead atoms. The Morgan fingerprint density at radius 1 is 0.522 bits per heavy atom. The van der Waals surface area contributed by atoms with Crippen molar-refractivity contribution >= 4 is 120 Å². The highest BCUT2D eigenvalue weighted by atomic mass is 79.9. The third-order valence-corrected chi connectivity index (χ3v) is 20.8. The van der Waals surface area contributed by atoms with Gasteiger partial charge in [0.25, 0.3) is 23.7 Å². The van der Waals surface area contributed by atoms with Crippen LogP contribution in [0.4, 0.5) is 52.7 Å². The molecule has 0 spiro atoms. The minimum atomic E-state index is -4.15. The Morgan fingerprint density at radius 2 is 0.850 bits per heavy atom. The van der Waals surface area contributed by atoms with Crippen molar-refractivity contribution in [3.05, 3.63) is 187 Å². The van der Waals surface area contributed by atoms with E-state index in [1.165, 1.54) is 66.3 Å². The number of β-amino-alcohol motifs (C(OH)–C–C–N with tert-alkyl or cyclic N) is 1. The largest absolute Gasteiger partial charge is 0.480 e. The number of likely N-dealkylation sites (tertiary alicyclic amines) is 3. The first-order valence-electron chi connectivity index (χ1n) is 34.0. The quantitative estimate of drug-likeness (QED) is 0.0186. The van der Waals surface area contributed by atoms with E-state index in [2.05, 4.69) is 71.3 Å². The van der Waals surface area contributed by atoms with Crippen LogP contribution >= 0.6 is 73.1 Å². The molecule has 0 aliphatic carbocycles. The average Bonchev–Trinajstić information content (AvgIpc) is 1.17. The highest BCUT2D eigenvalue weighted by Crippen LogP contribution is 2.45. The molecule has 5 atom stereocenters. The molecule has 608 valence electrons. The number of ether oxygens (including phenoxy) is 5. The number of nitrogens with one attached hydrogen (secondary N) is 3. The second-order valence-corrected chi connectivity index (χ2v) is 29.9. The molecule has 0 amide bonds. The lowest BCUT2D eigenvalue weighted by molar-refractivity contribution is -0.268. The van der Waals surface area contributed by atoms with Gasteiger partial charge in [0, 0.05) is 117 Å². The molecule has 9 heterocycles. The van der Waals surface area contributed by atoms with Gasteiger partial charge in [0.15, 0.2) is 44.7 Å². The topological polar surface area (TPSA) is 314 Å². The standard InChI is InChI=1S/C24H22BrF5N4O5S.C24H22ClF5N4O5S.C22H23ClF2N4O3S/c2*1-2-38-21(37)17-15(8-34-10-23(27,28)22(24(29,30)11-34)39-9-16(35)36)32-19(20-31-5-6-40-20)33-18(17)13-4-3-12(26)7-14(13)25;1-2-32-22(31)18-17(11-29-9-13(25)7-14(30)10-29)27-20(21-26-5-6-33-21)28-19(18)15-4-3-12(24)8-16(15)23/h2*3-7,18,22H,2,8-11H2,1H3,(H,32,33)(H,35,36);3-6,8,13-14,19,30H,2,7,9-11H2,1H3,(H,27,28)/t2*18-;13?,14?,19-/m000/s1. The highest BCUT2D eigenvalue weighted by Gasteiger charge is 2.63. The molecule has 6 aromatic rings. The predicted molar refractivity (Wildman–Crippen MR) is 391 cm³/mol. The van der Waals surface area contributed by atoms with Crippen LogP contribution in [-0.2, 0) is 47.7 Å². The summed E-state index contributed by atoms with van der Waals surface area (Å²) in [4.78, 5) is 90.5. The fourth-order valence-electron chi connectivity index (χ4n) is 12.9. The number of halogens is 15. The lowest BCUT2D eigenvalue weighted by Crippen LogP contribution is -2.64. The zero-order valence-corrected chi connectivity index (χ0v) is 64.7. The summed E-state index contributed by atoms with van der Waals surface area (Å²) in [7, 11) is 0. The molecule has 3 saturated heterocycles. The van der Waals surface area contributed by atoms with Gasteiger partial charge in [0.2, 0.25) is 0 Å². The van der Waals surface area contributed by atoms with Gasteiger partial charge in [-0.25, -0.2) is 91.6 Å². The molecule has 12 rings (SSSR count). The lowest BCUT2D eigenvalue weighted by Gasteiger charge is -2.43. The molecule has 6 N–H and O–H groups in total. The van der Waals surface area contributed by atoms with E-state index in [0.29, 0.717) is 42.6 Å². The summed E-state index contributed by atoms with van der Waals surface area (Å²) >= 11 is 19.6. The molecule has 6 aliphatic heterocycles. The monoisotopic (exact) mass is 1760 g/mol. The van der Waals surface area contributed by atoms with Crippen LogP contribution < -0.4 is 16.0 Å². The van der Waals surface area contributed by atoms with Gasteiger partial charge < -0.3 is 55.0 Å². The van der Waals surface area contributed by atoms with Gasteiger partial charge in [0.1, 0.15) is 55.0 Å². The number of carboxylic acids is 2. The highest BCUT2D eigenvalue weighted by molar-refractivity contribution is 9.10. The first kappa shape index (κ1) is 86.9. The summed E-state index contributed by atoms with van der Waals surface area (Å²) in [5, 5.41) is 42.7. The third kappa shape index (κ3) is 21.5. The number of carbonyl (C=O) groups is 5. The Hall–Kier alpha value is -8.49. The molecular formula is C70H67BrCl2F12N12O13S3. The number of rotatable bonds is 24. The van der Waals surface area contributed by atoms with Crippen molar-refractivity contribution in [1.29, 1.82) is 0 Å². The van der Waals surface area contributed by atoms with Crippen molar-refractivity contribution in [2.75, 3.05) is 91.9 Å². The first-order chi connectivity index (χ1) is 53.5. The number of piperidine rings is 3. The maximum absolute atomic E-state index is 14.9. The number of alkyl halides is 9. The number of hydrogen-bond acceptors (Lipinski definition) is 26.